The number of hydrogen-bond donors (Lipinski definition) is 2. The highest BCUT2D eigenvalue weighted by Gasteiger charge is 2.65. The lowest BCUT2D eigenvalue weighted by Gasteiger charge is -2.42. The third-order valence-corrected chi connectivity index (χ3v) is 4.35. The number of Topliss-reactive ketones (excluding diaryl/α,β-unsaturated/α-hetero) is 1. The van der Waals surface area contributed by atoms with Crippen molar-refractivity contribution >= 4 is 11.6 Å². The molecule has 0 saturated heterocycles. The van der Waals surface area contributed by atoms with Gasteiger partial charge in [0.25, 0.3) is 5.79 Å². The Morgan fingerprint density at radius 1 is 1.32 bits per heavy atom. The lowest BCUT2D eigenvalue weighted by atomic mass is 9.74. The number of allylic oxidation sites excluding steroid dienone is 1. The molecule has 5 nitrogen and oxygen atoms in total. The molecular weight excluding hydrogens is 282 g/mol. The van der Waals surface area contributed by atoms with Crippen LogP contribution < -0.4 is 5.32 Å². The van der Waals surface area contributed by atoms with Gasteiger partial charge in [-0.2, -0.15) is 0 Å². The number of ether oxygens (including phenoxy) is 1. The van der Waals surface area contributed by atoms with Crippen LogP contribution >= 0.6 is 0 Å². The second-order valence-electron chi connectivity index (χ2n) is 5.47. The van der Waals surface area contributed by atoms with E-state index in [1.807, 2.05) is 6.07 Å². The highest BCUT2D eigenvalue weighted by atomic mass is 16.6. The van der Waals surface area contributed by atoms with Gasteiger partial charge < -0.3 is 15.2 Å². The summed E-state index contributed by atoms with van der Waals surface area (Å²) in [5.41, 5.74) is -0.488. The first-order valence-corrected chi connectivity index (χ1v) is 7.17. The molecule has 0 bridgehead atoms. The van der Waals surface area contributed by atoms with Crippen LogP contribution in [0.25, 0.3) is 0 Å². The van der Waals surface area contributed by atoms with Crippen molar-refractivity contribution in [3.8, 4) is 0 Å². The topological polar surface area (TPSA) is 75.6 Å². The monoisotopic (exact) mass is 299 g/mol. The van der Waals surface area contributed by atoms with E-state index in [1.165, 1.54) is 12.3 Å². The summed E-state index contributed by atoms with van der Waals surface area (Å²) in [6.45, 7) is 3.39. The maximum absolute atomic E-state index is 12.9. The van der Waals surface area contributed by atoms with Crippen LogP contribution in [-0.2, 0) is 9.53 Å². The first-order valence-electron chi connectivity index (χ1n) is 7.17. The van der Waals surface area contributed by atoms with Crippen LogP contribution in [0.5, 0.6) is 0 Å². The predicted molar refractivity (Wildman–Crippen MR) is 79.8 cm³/mol. The van der Waals surface area contributed by atoms with Gasteiger partial charge in [-0.15, -0.1) is 0 Å². The van der Waals surface area contributed by atoms with E-state index in [9.17, 15) is 14.7 Å². The fraction of sp³-hybridized carbons (Fsp3) is 0.294. The smallest absolute Gasteiger partial charge is 0.299 e. The van der Waals surface area contributed by atoms with E-state index in [0.29, 0.717) is 17.6 Å². The minimum absolute atomic E-state index is 0.258. The van der Waals surface area contributed by atoms with Crippen molar-refractivity contribution in [1.29, 1.82) is 0 Å². The molecule has 0 aromatic heterocycles. The summed E-state index contributed by atoms with van der Waals surface area (Å²) in [5, 5.41) is 13.8. The molecule has 3 rings (SSSR count). The molecule has 0 spiro atoms. The minimum atomic E-state index is -2.08. The van der Waals surface area contributed by atoms with Gasteiger partial charge in [-0.1, -0.05) is 37.3 Å². The molecule has 0 radical (unpaired) electrons. The van der Waals surface area contributed by atoms with Crippen molar-refractivity contribution in [1.82, 2.24) is 5.32 Å². The summed E-state index contributed by atoms with van der Waals surface area (Å²) in [6.07, 6.45) is 3.00. The quantitative estimate of drug-likeness (QED) is 0.831. The maximum Gasteiger partial charge on any atom is 0.299 e. The van der Waals surface area contributed by atoms with Gasteiger partial charge in [-0.3, -0.25) is 9.59 Å². The van der Waals surface area contributed by atoms with Crippen molar-refractivity contribution in [2.75, 3.05) is 0 Å². The summed E-state index contributed by atoms with van der Waals surface area (Å²) in [7, 11) is 0. The van der Waals surface area contributed by atoms with Crippen molar-refractivity contribution in [3.05, 3.63) is 59.5 Å². The van der Waals surface area contributed by atoms with E-state index in [2.05, 4.69) is 5.32 Å². The number of aliphatic hydroxyl groups is 1. The third kappa shape index (κ3) is 1.69. The Balaban J connectivity index is 2.15. The van der Waals surface area contributed by atoms with E-state index >= 15 is 0 Å². The Bertz CT molecular complexity index is 707. The zero-order chi connectivity index (χ0) is 16.0. The van der Waals surface area contributed by atoms with Crippen LogP contribution in [0.4, 0.5) is 0 Å². The number of ketones is 2. The van der Waals surface area contributed by atoms with Crippen LogP contribution in [0.2, 0.25) is 0 Å². The molecule has 0 saturated carbocycles. The zero-order valence-corrected chi connectivity index (χ0v) is 12.4. The third-order valence-electron chi connectivity index (χ3n) is 4.35. The van der Waals surface area contributed by atoms with E-state index < -0.39 is 17.1 Å². The van der Waals surface area contributed by atoms with Crippen molar-refractivity contribution in [2.24, 2.45) is 0 Å². The summed E-state index contributed by atoms with van der Waals surface area (Å²) in [5.74, 6) is -2.64. The number of nitrogens with one attached hydrogen (secondary N) is 1. The standard InChI is InChI=1S/C17H17NO4/c1-3-16-14(15(20)12-7-5-4-6-8-12)11(2)22-17(16,21)13(19)9-10-18-16/h4-10,18,21H,3H2,1-2H3. The average Bonchev–Trinajstić information content (AvgIpc) is 2.76. The molecule has 2 unspecified atom stereocenters. The Kier molecular flexibility index (Phi) is 3.18. The molecule has 0 amide bonds. The molecule has 2 aliphatic rings. The average molecular weight is 299 g/mol. The number of rotatable bonds is 3. The van der Waals surface area contributed by atoms with Gasteiger partial charge in [0.15, 0.2) is 5.78 Å². The fourth-order valence-corrected chi connectivity index (χ4v) is 3.24. The molecule has 2 atom stereocenters. The number of carbonyl (C=O) groups is 2. The molecule has 0 fully saturated rings. The van der Waals surface area contributed by atoms with E-state index in [-0.39, 0.29) is 11.5 Å². The van der Waals surface area contributed by atoms with Gasteiger partial charge in [-0.05, 0) is 13.3 Å². The summed E-state index contributed by atoms with van der Waals surface area (Å²) >= 11 is 0. The van der Waals surface area contributed by atoms with Crippen LogP contribution in [0.15, 0.2) is 53.9 Å². The van der Waals surface area contributed by atoms with E-state index in [4.69, 9.17) is 4.74 Å². The second-order valence-corrected chi connectivity index (χ2v) is 5.47. The van der Waals surface area contributed by atoms with Gasteiger partial charge in [0.05, 0.1) is 5.57 Å². The Labute approximate surface area is 128 Å². The van der Waals surface area contributed by atoms with Gasteiger partial charge in [0.1, 0.15) is 11.3 Å². The molecule has 0 aliphatic carbocycles. The number of carbonyl (C=O) groups excluding carboxylic acids is 2. The fourth-order valence-electron chi connectivity index (χ4n) is 3.24. The summed E-state index contributed by atoms with van der Waals surface area (Å²) in [6, 6.07) is 8.75. The molecule has 1 aromatic carbocycles. The largest absolute Gasteiger partial charge is 0.456 e. The lowest BCUT2D eigenvalue weighted by molar-refractivity contribution is -0.201. The molecule has 114 valence electrons. The first-order chi connectivity index (χ1) is 10.5. The second kappa shape index (κ2) is 4.81. The van der Waals surface area contributed by atoms with Crippen LogP contribution in [-0.4, -0.2) is 28.0 Å². The van der Waals surface area contributed by atoms with Crippen molar-refractivity contribution < 1.29 is 19.4 Å². The molecule has 22 heavy (non-hydrogen) atoms. The SMILES string of the molecule is CCC12NC=CC(=O)C1(O)OC(C)=C2C(=O)c1ccccc1. The number of hydrogen-bond acceptors (Lipinski definition) is 5. The normalized spacial score (nSPS) is 29.9. The van der Waals surface area contributed by atoms with Gasteiger partial charge in [0.2, 0.25) is 5.78 Å². The summed E-state index contributed by atoms with van der Waals surface area (Å²) in [4.78, 5) is 25.1. The molecule has 2 heterocycles. The first kappa shape index (κ1) is 14.5. The minimum Gasteiger partial charge on any atom is -0.456 e. The summed E-state index contributed by atoms with van der Waals surface area (Å²) < 4.78 is 5.47. The number of fused-ring (bicyclic) bond motifs is 1. The van der Waals surface area contributed by atoms with Crippen LogP contribution in [0, 0.1) is 0 Å². The van der Waals surface area contributed by atoms with Crippen LogP contribution in [0.1, 0.15) is 30.6 Å². The number of benzene rings is 1. The van der Waals surface area contributed by atoms with Gasteiger partial charge in [0, 0.05) is 17.8 Å². The van der Waals surface area contributed by atoms with Gasteiger partial charge in [-0.25, -0.2) is 0 Å². The van der Waals surface area contributed by atoms with E-state index in [0.717, 1.165) is 0 Å². The van der Waals surface area contributed by atoms with E-state index in [1.54, 1.807) is 38.1 Å². The lowest BCUT2D eigenvalue weighted by Crippen LogP contribution is -2.66. The molecule has 1 aromatic rings. The zero-order valence-electron chi connectivity index (χ0n) is 12.4. The molecular formula is C17H17NO4. The van der Waals surface area contributed by atoms with Crippen molar-refractivity contribution in [2.45, 2.75) is 31.6 Å². The highest BCUT2D eigenvalue weighted by molar-refractivity contribution is 6.13. The van der Waals surface area contributed by atoms with Gasteiger partial charge >= 0.3 is 0 Å². The Morgan fingerprint density at radius 3 is 2.64 bits per heavy atom. The Hall–Kier alpha value is -2.40. The highest BCUT2D eigenvalue weighted by Crippen LogP contribution is 2.46. The predicted octanol–water partition coefficient (Wildman–Crippen LogP) is 1.70. The maximum atomic E-state index is 12.9. The Morgan fingerprint density at radius 2 is 2.00 bits per heavy atom. The van der Waals surface area contributed by atoms with Crippen LogP contribution in [0.3, 0.4) is 0 Å². The molecule has 2 N–H and O–H groups in total. The van der Waals surface area contributed by atoms with Crippen molar-refractivity contribution in [3.63, 3.8) is 0 Å². The molecule has 5 heteroatoms. The molecule has 2 aliphatic heterocycles.